The van der Waals surface area contributed by atoms with Gasteiger partial charge >= 0.3 is 8.56 Å². The fourth-order valence-electron chi connectivity index (χ4n) is 2.51. The number of rotatable bonds is 8. The van der Waals surface area contributed by atoms with E-state index in [1.54, 1.807) is 0 Å². The molecule has 3 heteroatoms. The minimum atomic E-state index is -2.77. The van der Waals surface area contributed by atoms with Gasteiger partial charge in [-0.25, -0.2) is 0 Å². The molecule has 0 amide bonds. The molecule has 0 spiro atoms. The average molecular weight is 353 g/mol. The minimum Gasteiger partial charge on any atom is -0.384 e. The van der Waals surface area contributed by atoms with Crippen molar-refractivity contribution < 1.29 is 8.85 Å². The predicted octanol–water partition coefficient (Wildman–Crippen LogP) is 4.21. The molecule has 2 aromatic rings. The molecular weight excluding hydrogens is 324 g/mol. The molecule has 0 aliphatic rings. The van der Waals surface area contributed by atoms with Gasteiger partial charge in [0.2, 0.25) is 0 Å². The van der Waals surface area contributed by atoms with E-state index in [4.69, 9.17) is 8.85 Å². The Balaban J connectivity index is 2.47. The van der Waals surface area contributed by atoms with Crippen molar-refractivity contribution in [2.24, 2.45) is 0 Å². The number of hydrogen-bond acceptors (Lipinski definition) is 2. The second kappa shape index (κ2) is 9.52. The third kappa shape index (κ3) is 5.53. The SMILES string of the molecule is CC(C)=CCO[Si](OCC=C(C)C)(c1ccccc1)c1ccccc1. The lowest BCUT2D eigenvalue weighted by molar-refractivity contribution is 0.226. The summed E-state index contributed by atoms with van der Waals surface area (Å²) in [4.78, 5) is 0. The van der Waals surface area contributed by atoms with Gasteiger partial charge in [-0.3, -0.25) is 0 Å². The van der Waals surface area contributed by atoms with Crippen LogP contribution in [-0.2, 0) is 8.85 Å². The van der Waals surface area contributed by atoms with Gasteiger partial charge < -0.3 is 8.85 Å². The van der Waals surface area contributed by atoms with E-state index in [0.717, 1.165) is 10.4 Å². The van der Waals surface area contributed by atoms with Gasteiger partial charge in [-0.1, -0.05) is 84.0 Å². The minimum absolute atomic E-state index is 0.549. The summed E-state index contributed by atoms with van der Waals surface area (Å²) in [5, 5.41) is 2.26. The summed E-state index contributed by atoms with van der Waals surface area (Å²) >= 11 is 0. The van der Waals surface area contributed by atoms with Gasteiger partial charge in [0, 0.05) is 0 Å². The highest BCUT2D eigenvalue weighted by molar-refractivity contribution is 6.92. The second-order valence-electron chi connectivity index (χ2n) is 6.53. The molecule has 25 heavy (non-hydrogen) atoms. The molecule has 0 unspecified atom stereocenters. The maximum absolute atomic E-state index is 6.51. The zero-order chi connectivity index (χ0) is 18.1. The molecule has 0 aliphatic heterocycles. The lowest BCUT2D eigenvalue weighted by Crippen LogP contribution is -2.63. The van der Waals surface area contributed by atoms with Crippen LogP contribution in [0, 0.1) is 0 Å². The molecule has 2 aromatic carbocycles. The first-order chi connectivity index (χ1) is 12.0. The largest absolute Gasteiger partial charge is 0.407 e. The van der Waals surface area contributed by atoms with Gasteiger partial charge in [0.15, 0.2) is 0 Å². The van der Waals surface area contributed by atoms with Crippen molar-refractivity contribution in [3.63, 3.8) is 0 Å². The Labute approximate surface area is 153 Å². The van der Waals surface area contributed by atoms with Crippen molar-refractivity contribution in [3.05, 3.63) is 84.0 Å². The van der Waals surface area contributed by atoms with Crippen LogP contribution in [0.2, 0.25) is 0 Å². The molecule has 0 bridgehead atoms. The van der Waals surface area contributed by atoms with Crippen LogP contribution >= 0.6 is 0 Å². The Morgan fingerprint density at radius 2 is 1.04 bits per heavy atom. The molecule has 0 radical (unpaired) electrons. The number of allylic oxidation sites excluding steroid dienone is 2. The molecule has 0 N–H and O–H groups in total. The Kier molecular flexibility index (Phi) is 7.38. The molecule has 2 rings (SSSR count). The van der Waals surface area contributed by atoms with Crippen LogP contribution in [0.5, 0.6) is 0 Å². The maximum atomic E-state index is 6.51. The molecule has 0 heterocycles. The normalized spacial score (nSPS) is 11.0. The Morgan fingerprint density at radius 1 is 0.680 bits per heavy atom. The quantitative estimate of drug-likeness (QED) is 0.523. The van der Waals surface area contributed by atoms with E-state index < -0.39 is 8.56 Å². The summed E-state index contributed by atoms with van der Waals surface area (Å²) in [6.07, 6.45) is 4.22. The van der Waals surface area contributed by atoms with Crippen molar-refractivity contribution in [1.29, 1.82) is 0 Å². The van der Waals surface area contributed by atoms with E-state index in [9.17, 15) is 0 Å². The van der Waals surface area contributed by atoms with Gasteiger partial charge in [0.05, 0.1) is 13.2 Å². The van der Waals surface area contributed by atoms with Gasteiger partial charge in [0.1, 0.15) is 0 Å². The summed E-state index contributed by atoms with van der Waals surface area (Å²) in [5.74, 6) is 0. The monoisotopic (exact) mass is 352 g/mol. The van der Waals surface area contributed by atoms with E-state index in [1.165, 1.54) is 11.1 Å². The van der Waals surface area contributed by atoms with E-state index in [0.29, 0.717) is 13.2 Å². The Hall–Kier alpha value is -1.94. The highest BCUT2D eigenvalue weighted by Crippen LogP contribution is 2.11. The average Bonchev–Trinajstić information content (AvgIpc) is 2.61. The van der Waals surface area contributed by atoms with Gasteiger partial charge in [0.25, 0.3) is 0 Å². The molecule has 0 saturated heterocycles. The molecule has 0 fully saturated rings. The molecule has 2 nitrogen and oxygen atoms in total. The fourth-order valence-corrected chi connectivity index (χ4v) is 5.49. The van der Waals surface area contributed by atoms with Gasteiger partial charge in [-0.15, -0.1) is 0 Å². The summed E-state index contributed by atoms with van der Waals surface area (Å²) in [6.45, 7) is 9.44. The van der Waals surface area contributed by atoms with Crippen LogP contribution in [0.3, 0.4) is 0 Å². The Bertz CT molecular complexity index is 634. The second-order valence-corrected chi connectivity index (χ2v) is 9.50. The zero-order valence-corrected chi connectivity index (χ0v) is 16.7. The molecule has 0 atom stereocenters. The summed E-state index contributed by atoms with van der Waals surface area (Å²) < 4.78 is 13.0. The summed E-state index contributed by atoms with van der Waals surface area (Å²) in [6, 6.07) is 20.7. The third-order valence-corrected chi connectivity index (χ3v) is 7.20. The molecule has 0 aliphatic carbocycles. The van der Waals surface area contributed by atoms with Crippen molar-refractivity contribution in [2.45, 2.75) is 27.7 Å². The van der Waals surface area contributed by atoms with Gasteiger partial charge in [-0.05, 0) is 38.1 Å². The Morgan fingerprint density at radius 3 is 1.36 bits per heavy atom. The maximum Gasteiger partial charge on any atom is 0.407 e. The van der Waals surface area contributed by atoms with Crippen molar-refractivity contribution in [2.75, 3.05) is 13.2 Å². The summed E-state index contributed by atoms with van der Waals surface area (Å²) in [7, 11) is -2.77. The van der Waals surface area contributed by atoms with Crippen LogP contribution in [0.15, 0.2) is 84.0 Å². The van der Waals surface area contributed by atoms with E-state index in [-0.39, 0.29) is 0 Å². The highest BCUT2D eigenvalue weighted by atomic mass is 28.4. The third-order valence-electron chi connectivity index (χ3n) is 3.86. The smallest absolute Gasteiger partial charge is 0.384 e. The van der Waals surface area contributed by atoms with E-state index in [2.05, 4.69) is 88.4 Å². The van der Waals surface area contributed by atoms with Crippen molar-refractivity contribution in [3.8, 4) is 0 Å². The zero-order valence-electron chi connectivity index (χ0n) is 15.7. The first-order valence-electron chi connectivity index (χ1n) is 8.70. The molecular formula is C22H28O2Si. The van der Waals surface area contributed by atoms with E-state index >= 15 is 0 Å². The molecule has 132 valence electrons. The highest BCUT2D eigenvalue weighted by Gasteiger charge is 2.42. The molecule has 0 saturated carbocycles. The standard InChI is InChI=1S/C22H28O2Si/c1-19(2)15-17-23-25(24-18-16-20(3)4,21-11-7-5-8-12-21)22-13-9-6-10-14-22/h5-16H,17-18H2,1-4H3. The molecule has 0 aromatic heterocycles. The fraction of sp³-hybridized carbons (Fsp3) is 0.273. The van der Waals surface area contributed by atoms with E-state index in [1.807, 2.05) is 12.1 Å². The lowest BCUT2D eigenvalue weighted by Gasteiger charge is -2.31. The number of benzene rings is 2. The van der Waals surface area contributed by atoms with Crippen LogP contribution in [0.4, 0.5) is 0 Å². The number of hydrogen-bond donors (Lipinski definition) is 0. The van der Waals surface area contributed by atoms with Gasteiger partial charge in [-0.2, -0.15) is 0 Å². The topological polar surface area (TPSA) is 18.5 Å². The van der Waals surface area contributed by atoms with Crippen molar-refractivity contribution in [1.82, 2.24) is 0 Å². The first-order valence-corrected chi connectivity index (χ1v) is 10.5. The first kappa shape index (κ1) is 19.4. The van der Waals surface area contributed by atoms with Crippen LogP contribution in [0.25, 0.3) is 0 Å². The van der Waals surface area contributed by atoms with Crippen molar-refractivity contribution >= 4 is 18.9 Å². The lowest BCUT2D eigenvalue weighted by atomic mass is 10.3. The van der Waals surface area contributed by atoms with Crippen LogP contribution in [-0.4, -0.2) is 21.8 Å². The summed E-state index contributed by atoms with van der Waals surface area (Å²) in [5.41, 5.74) is 2.49. The van der Waals surface area contributed by atoms with Crippen LogP contribution in [0.1, 0.15) is 27.7 Å². The van der Waals surface area contributed by atoms with Crippen LogP contribution < -0.4 is 10.4 Å². The predicted molar refractivity (Wildman–Crippen MR) is 109 cm³/mol.